The maximum absolute atomic E-state index is 14.8. The van der Waals surface area contributed by atoms with E-state index in [4.69, 9.17) is 4.42 Å². The van der Waals surface area contributed by atoms with Crippen LogP contribution >= 0.6 is 11.5 Å². The monoisotopic (exact) mass is 430 g/mol. The zero-order valence-corrected chi connectivity index (χ0v) is 18.0. The number of hydrogen-bond donors (Lipinski definition) is 1. The quantitative estimate of drug-likeness (QED) is 0.605. The van der Waals surface area contributed by atoms with Crippen molar-refractivity contribution in [1.82, 2.24) is 14.9 Å². The standard InChI is InChI=1S/C21H23FN4O3S/c1-5-21(3,4)23-19(27)18(17-11-10-13(2)29-17)26(16-9-7-6-8-14(16)22)20(28)15-12-30-25-24-15/h6-12,18H,5H2,1-4H3,(H,23,27). The number of nitrogens with zero attached hydrogens (tertiary/aromatic N) is 3. The van der Waals surface area contributed by atoms with Crippen molar-refractivity contribution in [2.75, 3.05) is 4.90 Å². The van der Waals surface area contributed by atoms with Gasteiger partial charge >= 0.3 is 0 Å². The summed E-state index contributed by atoms with van der Waals surface area (Å²) in [6.45, 7) is 7.41. The number of halogens is 1. The van der Waals surface area contributed by atoms with Crippen LogP contribution in [0.1, 0.15) is 55.2 Å². The van der Waals surface area contributed by atoms with Crippen LogP contribution in [0.4, 0.5) is 10.1 Å². The summed E-state index contributed by atoms with van der Waals surface area (Å²) >= 11 is 0.992. The fraction of sp³-hybridized carbons (Fsp3) is 0.333. The van der Waals surface area contributed by atoms with Crippen molar-refractivity contribution in [3.8, 4) is 0 Å². The molecule has 0 bridgehead atoms. The minimum Gasteiger partial charge on any atom is -0.464 e. The molecule has 2 amide bonds. The molecule has 9 heteroatoms. The molecular formula is C21H23FN4O3S. The number of benzene rings is 1. The Morgan fingerprint density at radius 1 is 1.27 bits per heavy atom. The second-order valence-electron chi connectivity index (χ2n) is 7.49. The Balaban J connectivity index is 2.17. The van der Waals surface area contributed by atoms with Crippen molar-refractivity contribution in [3.63, 3.8) is 0 Å². The Morgan fingerprint density at radius 2 is 2.00 bits per heavy atom. The molecule has 30 heavy (non-hydrogen) atoms. The van der Waals surface area contributed by atoms with Crippen LogP contribution in [0.15, 0.2) is 46.2 Å². The van der Waals surface area contributed by atoms with E-state index in [1.807, 2.05) is 20.8 Å². The summed E-state index contributed by atoms with van der Waals surface area (Å²) < 4.78 is 24.2. The summed E-state index contributed by atoms with van der Waals surface area (Å²) in [5, 5.41) is 8.20. The summed E-state index contributed by atoms with van der Waals surface area (Å²) in [6.07, 6.45) is 0.659. The fourth-order valence-corrected chi connectivity index (χ4v) is 3.29. The lowest BCUT2D eigenvalue weighted by atomic mass is 10.0. The van der Waals surface area contributed by atoms with Crippen LogP contribution in [0.2, 0.25) is 0 Å². The molecule has 2 aromatic heterocycles. The second-order valence-corrected chi connectivity index (χ2v) is 8.10. The van der Waals surface area contributed by atoms with Crippen LogP contribution in [0.25, 0.3) is 0 Å². The number of hydrogen-bond acceptors (Lipinski definition) is 6. The van der Waals surface area contributed by atoms with E-state index >= 15 is 0 Å². The third-order valence-corrected chi connectivity index (χ3v) is 5.30. The van der Waals surface area contributed by atoms with Crippen molar-refractivity contribution >= 4 is 29.0 Å². The minimum absolute atomic E-state index is 0.0130. The van der Waals surface area contributed by atoms with Crippen molar-refractivity contribution in [2.45, 2.75) is 45.7 Å². The van der Waals surface area contributed by atoms with Crippen molar-refractivity contribution < 1.29 is 18.4 Å². The normalized spacial score (nSPS) is 12.4. The van der Waals surface area contributed by atoms with E-state index in [-0.39, 0.29) is 17.1 Å². The molecule has 0 spiro atoms. The van der Waals surface area contributed by atoms with Gasteiger partial charge in [-0.05, 0) is 63.0 Å². The molecule has 3 aromatic rings. The topological polar surface area (TPSA) is 88.3 Å². The Labute approximate surface area is 178 Å². The molecule has 3 rings (SSSR count). The average molecular weight is 431 g/mol. The third-order valence-electron chi connectivity index (χ3n) is 4.79. The molecule has 0 saturated carbocycles. The highest BCUT2D eigenvalue weighted by molar-refractivity contribution is 7.03. The minimum atomic E-state index is -1.24. The van der Waals surface area contributed by atoms with Crippen molar-refractivity contribution in [3.05, 3.63) is 64.8 Å². The third kappa shape index (κ3) is 4.56. The van der Waals surface area contributed by atoms with E-state index in [1.165, 1.54) is 23.6 Å². The Hall–Kier alpha value is -3.07. The van der Waals surface area contributed by atoms with Gasteiger partial charge in [-0.2, -0.15) is 0 Å². The first kappa shape index (κ1) is 21.6. The van der Waals surface area contributed by atoms with Gasteiger partial charge in [0.05, 0.1) is 5.69 Å². The molecule has 1 N–H and O–H groups in total. The first-order valence-electron chi connectivity index (χ1n) is 9.47. The van der Waals surface area contributed by atoms with Crippen LogP contribution < -0.4 is 10.2 Å². The van der Waals surface area contributed by atoms with Gasteiger partial charge in [-0.15, -0.1) is 5.10 Å². The molecule has 1 unspecified atom stereocenters. The van der Waals surface area contributed by atoms with Gasteiger partial charge in [0.1, 0.15) is 17.3 Å². The van der Waals surface area contributed by atoms with Crippen LogP contribution in [0.3, 0.4) is 0 Å². The predicted molar refractivity (Wildman–Crippen MR) is 112 cm³/mol. The number of furan rings is 1. The highest BCUT2D eigenvalue weighted by atomic mass is 32.1. The number of para-hydroxylation sites is 1. The van der Waals surface area contributed by atoms with Crippen LogP contribution in [0, 0.1) is 12.7 Å². The Bertz CT molecular complexity index is 1030. The highest BCUT2D eigenvalue weighted by Gasteiger charge is 2.39. The van der Waals surface area contributed by atoms with Crippen LogP contribution in [-0.4, -0.2) is 26.9 Å². The zero-order valence-electron chi connectivity index (χ0n) is 17.2. The SMILES string of the molecule is CCC(C)(C)NC(=O)C(c1ccc(C)o1)N(C(=O)c1csnn1)c1ccccc1F. The van der Waals surface area contributed by atoms with Gasteiger partial charge in [0, 0.05) is 10.9 Å². The van der Waals surface area contributed by atoms with Crippen LogP contribution in [0.5, 0.6) is 0 Å². The number of nitrogens with one attached hydrogen (secondary N) is 1. The van der Waals surface area contributed by atoms with E-state index in [9.17, 15) is 14.0 Å². The van der Waals surface area contributed by atoms with Gasteiger partial charge < -0.3 is 9.73 Å². The van der Waals surface area contributed by atoms with Gasteiger partial charge in [-0.3, -0.25) is 14.5 Å². The zero-order chi connectivity index (χ0) is 21.9. The molecule has 1 aromatic carbocycles. The van der Waals surface area contributed by atoms with Crippen LogP contribution in [-0.2, 0) is 4.79 Å². The average Bonchev–Trinajstić information content (AvgIpc) is 3.38. The summed E-state index contributed by atoms with van der Waals surface area (Å²) in [6, 6.07) is 7.83. The van der Waals surface area contributed by atoms with Gasteiger partial charge in [0.25, 0.3) is 11.8 Å². The number of carbonyl (C=O) groups excluding carboxylic acids is 2. The molecule has 0 aliphatic carbocycles. The first-order chi connectivity index (χ1) is 14.2. The number of carbonyl (C=O) groups is 2. The summed E-state index contributed by atoms with van der Waals surface area (Å²) in [7, 11) is 0. The Morgan fingerprint density at radius 3 is 2.57 bits per heavy atom. The molecule has 0 fully saturated rings. The van der Waals surface area contributed by atoms with E-state index in [0.29, 0.717) is 12.2 Å². The summed E-state index contributed by atoms with van der Waals surface area (Å²) in [5.41, 5.74) is -0.582. The van der Waals surface area contributed by atoms with Gasteiger partial charge in [0.15, 0.2) is 11.7 Å². The molecule has 7 nitrogen and oxygen atoms in total. The molecule has 0 saturated heterocycles. The molecular weight excluding hydrogens is 407 g/mol. The number of anilines is 1. The molecule has 1 atom stereocenters. The molecule has 0 aliphatic rings. The lowest BCUT2D eigenvalue weighted by molar-refractivity contribution is -0.124. The van der Waals surface area contributed by atoms with Gasteiger partial charge in [0.2, 0.25) is 0 Å². The molecule has 158 valence electrons. The number of aryl methyl sites for hydroxylation is 1. The van der Waals surface area contributed by atoms with E-state index in [2.05, 4.69) is 14.9 Å². The van der Waals surface area contributed by atoms with Crippen molar-refractivity contribution in [1.29, 1.82) is 0 Å². The molecule has 2 heterocycles. The summed E-state index contributed by atoms with van der Waals surface area (Å²) in [5.74, 6) is -1.01. The second kappa shape index (κ2) is 8.74. The number of aromatic nitrogens is 2. The fourth-order valence-electron chi connectivity index (χ4n) is 2.86. The highest BCUT2D eigenvalue weighted by Crippen LogP contribution is 2.33. The summed E-state index contributed by atoms with van der Waals surface area (Å²) in [4.78, 5) is 27.8. The number of rotatable bonds is 7. The van der Waals surface area contributed by atoms with E-state index < -0.39 is 29.2 Å². The smallest absolute Gasteiger partial charge is 0.280 e. The first-order valence-corrected chi connectivity index (χ1v) is 10.3. The maximum Gasteiger partial charge on any atom is 0.280 e. The largest absolute Gasteiger partial charge is 0.464 e. The molecule has 0 radical (unpaired) electrons. The maximum atomic E-state index is 14.8. The van der Waals surface area contributed by atoms with Gasteiger partial charge in [-0.1, -0.05) is 23.5 Å². The number of amides is 2. The van der Waals surface area contributed by atoms with E-state index in [1.54, 1.807) is 25.1 Å². The van der Waals surface area contributed by atoms with Gasteiger partial charge in [-0.25, -0.2) is 4.39 Å². The van der Waals surface area contributed by atoms with E-state index in [0.717, 1.165) is 16.4 Å². The lowest BCUT2D eigenvalue weighted by Crippen LogP contribution is -2.50. The predicted octanol–water partition coefficient (Wildman–Crippen LogP) is 4.27. The van der Waals surface area contributed by atoms with Crippen molar-refractivity contribution in [2.24, 2.45) is 0 Å². The lowest BCUT2D eigenvalue weighted by Gasteiger charge is -2.33. The molecule has 0 aliphatic heterocycles. The Kier molecular flexibility index (Phi) is 6.31.